The third-order valence-corrected chi connectivity index (χ3v) is 3.99. The molecule has 0 aliphatic rings. The zero-order chi connectivity index (χ0) is 17.5. The second kappa shape index (κ2) is 8.39. The number of phenolic OH excluding ortho intramolecular Hbond substituents is 1. The molecule has 2 rings (SSSR count). The molecule has 0 heterocycles. The summed E-state index contributed by atoms with van der Waals surface area (Å²) in [7, 11) is 0. The predicted octanol–water partition coefficient (Wildman–Crippen LogP) is 5.77. The number of allylic oxidation sites excluding steroid dienone is 2. The summed E-state index contributed by atoms with van der Waals surface area (Å²) in [6, 6.07) is 13.9. The molecule has 0 saturated heterocycles. The Hall–Kier alpha value is -2.48. The number of aromatic hydroxyl groups is 1. The van der Waals surface area contributed by atoms with Gasteiger partial charge in [-0.3, -0.25) is 0 Å². The maximum absolute atomic E-state index is 10.6. The number of hydrogen-bond acceptors (Lipinski definition) is 2. The standard InChI is InChI=1S/C22H26O2/c1-5-9-19-13-20(24-15-18-10-7-6-8-11-18)14-21(22(19)23)17(4)12-16(2)3/h5-8,10-11,13-14,17,23H,1-2,9,12,15H2,3-4H3. The molecule has 0 radical (unpaired) electrons. The van der Waals surface area contributed by atoms with Crippen molar-refractivity contribution >= 4 is 0 Å². The number of hydrogen-bond donors (Lipinski definition) is 1. The summed E-state index contributed by atoms with van der Waals surface area (Å²) in [6.45, 7) is 12.4. The van der Waals surface area contributed by atoms with E-state index in [0.29, 0.717) is 18.8 Å². The SMILES string of the molecule is C=CCc1cc(OCc2ccccc2)cc(C(C)CC(=C)C)c1O. The van der Waals surface area contributed by atoms with E-state index < -0.39 is 0 Å². The van der Waals surface area contributed by atoms with E-state index in [-0.39, 0.29) is 5.92 Å². The van der Waals surface area contributed by atoms with Crippen molar-refractivity contribution in [1.29, 1.82) is 0 Å². The highest BCUT2D eigenvalue weighted by molar-refractivity contribution is 5.49. The van der Waals surface area contributed by atoms with Crippen LogP contribution in [0.2, 0.25) is 0 Å². The van der Waals surface area contributed by atoms with Gasteiger partial charge in [-0.25, -0.2) is 0 Å². The average Bonchev–Trinajstić information content (AvgIpc) is 2.55. The van der Waals surface area contributed by atoms with E-state index in [1.54, 1.807) is 6.08 Å². The molecule has 0 aliphatic carbocycles. The highest BCUT2D eigenvalue weighted by Crippen LogP contribution is 2.36. The minimum absolute atomic E-state index is 0.186. The minimum atomic E-state index is 0.186. The fraction of sp³-hybridized carbons (Fsp3) is 0.273. The molecular weight excluding hydrogens is 296 g/mol. The Morgan fingerprint density at radius 2 is 1.96 bits per heavy atom. The molecule has 2 aromatic carbocycles. The van der Waals surface area contributed by atoms with Gasteiger partial charge in [-0.2, -0.15) is 0 Å². The molecule has 24 heavy (non-hydrogen) atoms. The van der Waals surface area contributed by atoms with Crippen molar-refractivity contribution in [3.05, 3.63) is 84.0 Å². The molecule has 0 spiro atoms. The molecule has 2 heteroatoms. The first-order valence-electron chi connectivity index (χ1n) is 8.29. The molecule has 1 unspecified atom stereocenters. The lowest BCUT2D eigenvalue weighted by atomic mass is 9.91. The molecule has 126 valence electrons. The molecule has 1 atom stereocenters. The first-order valence-corrected chi connectivity index (χ1v) is 8.29. The van der Waals surface area contributed by atoms with Gasteiger partial charge in [0.15, 0.2) is 0 Å². The third kappa shape index (κ3) is 4.76. The highest BCUT2D eigenvalue weighted by atomic mass is 16.5. The van der Waals surface area contributed by atoms with Crippen LogP contribution < -0.4 is 4.74 Å². The maximum atomic E-state index is 10.6. The van der Waals surface area contributed by atoms with E-state index in [1.807, 2.05) is 49.4 Å². The van der Waals surface area contributed by atoms with Crippen molar-refractivity contribution in [3.63, 3.8) is 0 Å². The van der Waals surface area contributed by atoms with Gasteiger partial charge in [0.25, 0.3) is 0 Å². The van der Waals surface area contributed by atoms with E-state index >= 15 is 0 Å². The third-order valence-electron chi connectivity index (χ3n) is 3.99. The molecule has 2 nitrogen and oxygen atoms in total. The molecule has 0 aliphatic heterocycles. The summed E-state index contributed by atoms with van der Waals surface area (Å²) >= 11 is 0. The zero-order valence-corrected chi connectivity index (χ0v) is 14.6. The summed E-state index contributed by atoms with van der Waals surface area (Å²) in [5.41, 5.74) is 3.97. The van der Waals surface area contributed by atoms with Crippen LogP contribution >= 0.6 is 0 Å². The van der Waals surface area contributed by atoms with Crippen molar-refractivity contribution in [2.45, 2.75) is 39.2 Å². The van der Waals surface area contributed by atoms with Crippen molar-refractivity contribution in [2.75, 3.05) is 0 Å². The molecule has 0 saturated carbocycles. The van der Waals surface area contributed by atoms with Gasteiger partial charge < -0.3 is 9.84 Å². The van der Waals surface area contributed by atoms with E-state index in [1.165, 1.54) is 0 Å². The van der Waals surface area contributed by atoms with E-state index in [2.05, 4.69) is 20.1 Å². The minimum Gasteiger partial charge on any atom is -0.507 e. The van der Waals surface area contributed by atoms with Crippen LogP contribution in [0, 0.1) is 0 Å². The van der Waals surface area contributed by atoms with Crippen LogP contribution in [0.25, 0.3) is 0 Å². The van der Waals surface area contributed by atoms with Crippen molar-refractivity contribution in [2.24, 2.45) is 0 Å². The summed E-state index contributed by atoms with van der Waals surface area (Å²) < 4.78 is 5.96. The van der Waals surface area contributed by atoms with Crippen molar-refractivity contribution in [1.82, 2.24) is 0 Å². The Morgan fingerprint density at radius 1 is 1.25 bits per heavy atom. The maximum Gasteiger partial charge on any atom is 0.122 e. The Bertz CT molecular complexity index is 701. The Kier molecular flexibility index (Phi) is 6.25. The summed E-state index contributed by atoms with van der Waals surface area (Å²) in [5, 5.41) is 10.6. The second-order valence-corrected chi connectivity index (χ2v) is 6.35. The molecule has 0 fully saturated rings. The average molecular weight is 322 g/mol. The molecule has 0 aromatic heterocycles. The van der Waals surface area contributed by atoms with Crippen LogP contribution in [0.1, 0.15) is 42.9 Å². The van der Waals surface area contributed by atoms with Gasteiger partial charge in [0.05, 0.1) is 0 Å². The number of rotatable bonds is 8. The molecular formula is C22H26O2. The quantitative estimate of drug-likeness (QED) is 0.625. The Morgan fingerprint density at radius 3 is 2.58 bits per heavy atom. The monoisotopic (exact) mass is 322 g/mol. The van der Waals surface area contributed by atoms with Gasteiger partial charge in [-0.15, -0.1) is 13.2 Å². The predicted molar refractivity (Wildman–Crippen MR) is 101 cm³/mol. The van der Waals surface area contributed by atoms with E-state index in [4.69, 9.17) is 4.74 Å². The van der Waals surface area contributed by atoms with Gasteiger partial charge in [0.1, 0.15) is 18.1 Å². The van der Waals surface area contributed by atoms with Gasteiger partial charge in [0, 0.05) is 11.1 Å². The molecule has 0 bridgehead atoms. The van der Waals surface area contributed by atoms with Crippen LogP contribution in [0.5, 0.6) is 11.5 Å². The van der Waals surface area contributed by atoms with Crippen LogP contribution in [0.4, 0.5) is 0 Å². The lowest BCUT2D eigenvalue weighted by Gasteiger charge is -2.18. The lowest BCUT2D eigenvalue weighted by Crippen LogP contribution is -2.01. The second-order valence-electron chi connectivity index (χ2n) is 6.35. The largest absolute Gasteiger partial charge is 0.507 e. The fourth-order valence-electron chi connectivity index (χ4n) is 2.83. The van der Waals surface area contributed by atoms with Crippen molar-refractivity contribution in [3.8, 4) is 11.5 Å². The molecule has 1 N–H and O–H groups in total. The first kappa shape index (κ1) is 17.9. The highest BCUT2D eigenvalue weighted by Gasteiger charge is 2.16. The van der Waals surface area contributed by atoms with Gasteiger partial charge >= 0.3 is 0 Å². The van der Waals surface area contributed by atoms with Crippen LogP contribution in [0.3, 0.4) is 0 Å². The van der Waals surface area contributed by atoms with E-state index in [0.717, 1.165) is 34.4 Å². The summed E-state index contributed by atoms with van der Waals surface area (Å²) in [4.78, 5) is 0. The van der Waals surface area contributed by atoms with Crippen LogP contribution in [-0.4, -0.2) is 5.11 Å². The Labute approximate surface area is 145 Å². The topological polar surface area (TPSA) is 29.5 Å². The van der Waals surface area contributed by atoms with Crippen molar-refractivity contribution < 1.29 is 9.84 Å². The molecule has 0 amide bonds. The zero-order valence-electron chi connectivity index (χ0n) is 14.6. The lowest BCUT2D eigenvalue weighted by molar-refractivity contribution is 0.304. The normalized spacial score (nSPS) is 11.8. The first-order chi connectivity index (χ1) is 11.5. The molecule has 2 aromatic rings. The number of ether oxygens (including phenoxy) is 1. The van der Waals surface area contributed by atoms with Gasteiger partial charge in [0.2, 0.25) is 0 Å². The van der Waals surface area contributed by atoms with Gasteiger partial charge in [-0.05, 0) is 43.4 Å². The van der Waals surface area contributed by atoms with Crippen LogP contribution in [0.15, 0.2) is 67.3 Å². The summed E-state index contributed by atoms with van der Waals surface area (Å²) in [6.07, 6.45) is 3.24. The summed E-state index contributed by atoms with van der Waals surface area (Å²) in [5.74, 6) is 1.30. The number of phenols is 1. The number of benzene rings is 2. The smallest absolute Gasteiger partial charge is 0.122 e. The van der Waals surface area contributed by atoms with Crippen LogP contribution in [-0.2, 0) is 13.0 Å². The van der Waals surface area contributed by atoms with Gasteiger partial charge in [-0.1, -0.05) is 48.9 Å². The fourth-order valence-corrected chi connectivity index (χ4v) is 2.83. The Balaban J connectivity index is 2.28. The van der Waals surface area contributed by atoms with E-state index in [9.17, 15) is 5.11 Å².